The molecule has 94 valence electrons. The van der Waals surface area contributed by atoms with Gasteiger partial charge in [-0.2, -0.15) is 0 Å². The van der Waals surface area contributed by atoms with Crippen LogP contribution in [0, 0.1) is 12.3 Å². The third kappa shape index (κ3) is 4.10. The fraction of sp³-hybridized carbons (Fsp3) is 0.500. The lowest BCUT2D eigenvalue weighted by molar-refractivity contribution is 0.0600. The summed E-state index contributed by atoms with van der Waals surface area (Å²) in [6, 6.07) is 5.39. The molecule has 17 heavy (non-hydrogen) atoms. The molecule has 0 aliphatic heterocycles. The van der Waals surface area contributed by atoms with Crippen LogP contribution in [0.1, 0.15) is 36.7 Å². The van der Waals surface area contributed by atoms with Gasteiger partial charge in [0.05, 0.1) is 19.3 Å². The number of hydrogen-bond donors (Lipinski definition) is 0. The third-order valence-corrected chi connectivity index (χ3v) is 2.28. The highest BCUT2D eigenvalue weighted by Gasteiger charge is 2.13. The van der Waals surface area contributed by atoms with Gasteiger partial charge < -0.3 is 9.47 Å². The largest absolute Gasteiger partial charge is 0.493 e. The molecule has 0 aliphatic rings. The van der Waals surface area contributed by atoms with E-state index in [9.17, 15) is 4.79 Å². The van der Waals surface area contributed by atoms with Gasteiger partial charge in [-0.05, 0) is 36.1 Å². The van der Waals surface area contributed by atoms with Crippen molar-refractivity contribution in [3.8, 4) is 5.75 Å². The molecule has 1 aromatic carbocycles. The van der Waals surface area contributed by atoms with Gasteiger partial charge in [-0.15, -0.1) is 0 Å². The molecular weight excluding hydrogens is 216 g/mol. The lowest BCUT2D eigenvalue weighted by atomic mass is 9.98. The van der Waals surface area contributed by atoms with Gasteiger partial charge in [0.1, 0.15) is 5.75 Å². The van der Waals surface area contributed by atoms with E-state index in [2.05, 4.69) is 20.8 Å². The first-order valence-electron chi connectivity index (χ1n) is 5.65. The number of rotatable bonds is 3. The van der Waals surface area contributed by atoms with Gasteiger partial charge in [0.25, 0.3) is 0 Å². The topological polar surface area (TPSA) is 35.5 Å². The highest BCUT2D eigenvalue weighted by atomic mass is 16.5. The summed E-state index contributed by atoms with van der Waals surface area (Å²) >= 11 is 0. The molecular formula is C14H20O3. The fourth-order valence-corrected chi connectivity index (χ4v) is 1.36. The summed E-state index contributed by atoms with van der Waals surface area (Å²) in [5, 5.41) is 0. The quantitative estimate of drug-likeness (QED) is 0.756. The van der Waals surface area contributed by atoms with E-state index in [0.29, 0.717) is 12.2 Å². The van der Waals surface area contributed by atoms with Crippen molar-refractivity contribution in [3.63, 3.8) is 0 Å². The first-order chi connectivity index (χ1) is 7.83. The monoisotopic (exact) mass is 236 g/mol. The van der Waals surface area contributed by atoms with Crippen molar-refractivity contribution in [2.75, 3.05) is 13.7 Å². The van der Waals surface area contributed by atoms with Gasteiger partial charge in [0.15, 0.2) is 0 Å². The third-order valence-electron chi connectivity index (χ3n) is 2.28. The Morgan fingerprint density at radius 1 is 1.29 bits per heavy atom. The molecule has 0 amide bonds. The molecule has 0 saturated heterocycles. The van der Waals surface area contributed by atoms with E-state index in [1.54, 1.807) is 12.1 Å². The Morgan fingerprint density at radius 3 is 2.41 bits per heavy atom. The van der Waals surface area contributed by atoms with E-state index in [4.69, 9.17) is 9.47 Å². The van der Waals surface area contributed by atoms with Crippen molar-refractivity contribution in [3.05, 3.63) is 29.3 Å². The smallest absolute Gasteiger partial charge is 0.338 e. The molecule has 0 radical (unpaired) electrons. The summed E-state index contributed by atoms with van der Waals surface area (Å²) in [6.07, 6.45) is 0. The maximum atomic E-state index is 11.4. The molecule has 0 aliphatic carbocycles. The van der Waals surface area contributed by atoms with Crippen LogP contribution in [0.15, 0.2) is 18.2 Å². The Morgan fingerprint density at radius 2 is 1.94 bits per heavy atom. The first kappa shape index (κ1) is 13.6. The molecule has 0 aromatic heterocycles. The van der Waals surface area contributed by atoms with Crippen molar-refractivity contribution in [1.29, 1.82) is 0 Å². The molecule has 0 saturated carbocycles. The Balaban J connectivity index is 2.79. The minimum atomic E-state index is -0.315. The van der Waals surface area contributed by atoms with Gasteiger partial charge in [-0.3, -0.25) is 0 Å². The van der Waals surface area contributed by atoms with Crippen molar-refractivity contribution < 1.29 is 14.3 Å². The molecule has 1 rings (SSSR count). The van der Waals surface area contributed by atoms with E-state index in [0.717, 1.165) is 11.3 Å². The predicted octanol–water partition coefficient (Wildman–Crippen LogP) is 3.21. The SMILES string of the molecule is COC(=O)c1ccc(OCC(C)(C)C)cc1C. The van der Waals surface area contributed by atoms with E-state index in [1.807, 2.05) is 13.0 Å². The number of hydrogen-bond acceptors (Lipinski definition) is 3. The number of carbonyl (C=O) groups excluding carboxylic acids is 1. The normalized spacial score (nSPS) is 11.1. The summed E-state index contributed by atoms with van der Waals surface area (Å²) in [6.45, 7) is 8.86. The average molecular weight is 236 g/mol. The molecule has 0 heterocycles. The Kier molecular flexibility index (Phi) is 4.16. The van der Waals surface area contributed by atoms with Crippen molar-refractivity contribution >= 4 is 5.97 Å². The zero-order valence-electron chi connectivity index (χ0n) is 11.2. The molecule has 3 heteroatoms. The molecule has 0 spiro atoms. The maximum Gasteiger partial charge on any atom is 0.338 e. The van der Waals surface area contributed by atoms with Crippen LogP contribution in [-0.2, 0) is 4.74 Å². The Labute approximate surface area is 103 Å². The van der Waals surface area contributed by atoms with Crippen LogP contribution in [0.4, 0.5) is 0 Å². The van der Waals surface area contributed by atoms with Crippen LogP contribution in [0.5, 0.6) is 5.75 Å². The van der Waals surface area contributed by atoms with Crippen molar-refractivity contribution in [2.24, 2.45) is 5.41 Å². The lowest BCUT2D eigenvalue weighted by Gasteiger charge is -2.19. The fourth-order valence-electron chi connectivity index (χ4n) is 1.36. The van der Waals surface area contributed by atoms with Crippen LogP contribution in [0.3, 0.4) is 0 Å². The van der Waals surface area contributed by atoms with E-state index < -0.39 is 0 Å². The summed E-state index contributed by atoms with van der Waals surface area (Å²) in [5.74, 6) is 0.468. The first-order valence-corrected chi connectivity index (χ1v) is 5.65. The van der Waals surface area contributed by atoms with Crippen LogP contribution < -0.4 is 4.74 Å². The predicted molar refractivity (Wildman–Crippen MR) is 67.5 cm³/mol. The molecule has 0 unspecified atom stereocenters. The highest BCUT2D eigenvalue weighted by molar-refractivity contribution is 5.91. The van der Waals surface area contributed by atoms with Crippen LogP contribution in [0.2, 0.25) is 0 Å². The number of ether oxygens (including phenoxy) is 2. The van der Waals surface area contributed by atoms with Gasteiger partial charge in [0.2, 0.25) is 0 Å². The second-order valence-corrected chi connectivity index (χ2v) is 5.32. The second-order valence-electron chi connectivity index (χ2n) is 5.32. The van der Waals surface area contributed by atoms with Crippen LogP contribution >= 0.6 is 0 Å². The molecule has 0 atom stereocenters. The minimum absolute atomic E-state index is 0.120. The number of benzene rings is 1. The van der Waals surface area contributed by atoms with Crippen LogP contribution in [0.25, 0.3) is 0 Å². The lowest BCUT2D eigenvalue weighted by Crippen LogP contribution is -2.17. The van der Waals surface area contributed by atoms with Gasteiger partial charge in [-0.1, -0.05) is 20.8 Å². The van der Waals surface area contributed by atoms with Crippen molar-refractivity contribution in [2.45, 2.75) is 27.7 Å². The zero-order chi connectivity index (χ0) is 13.1. The minimum Gasteiger partial charge on any atom is -0.493 e. The zero-order valence-corrected chi connectivity index (χ0v) is 11.2. The van der Waals surface area contributed by atoms with E-state index in [-0.39, 0.29) is 11.4 Å². The number of aryl methyl sites for hydroxylation is 1. The van der Waals surface area contributed by atoms with Crippen LogP contribution in [-0.4, -0.2) is 19.7 Å². The number of esters is 1. The van der Waals surface area contributed by atoms with E-state index in [1.165, 1.54) is 7.11 Å². The van der Waals surface area contributed by atoms with E-state index >= 15 is 0 Å². The summed E-state index contributed by atoms with van der Waals surface area (Å²) < 4.78 is 10.4. The summed E-state index contributed by atoms with van der Waals surface area (Å²) in [7, 11) is 1.38. The molecule has 0 bridgehead atoms. The van der Waals surface area contributed by atoms with Gasteiger partial charge >= 0.3 is 5.97 Å². The highest BCUT2D eigenvalue weighted by Crippen LogP contribution is 2.21. The number of methoxy groups -OCH3 is 1. The molecule has 3 nitrogen and oxygen atoms in total. The summed E-state index contributed by atoms with van der Waals surface area (Å²) in [5.41, 5.74) is 1.56. The molecule has 0 N–H and O–H groups in total. The standard InChI is InChI=1S/C14H20O3/c1-10-8-11(17-9-14(2,3)4)6-7-12(10)13(15)16-5/h6-8H,9H2,1-5H3. The van der Waals surface area contributed by atoms with Gasteiger partial charge in [0, 0.05) is 0 Å². The molecule has 0 fully saturated rings. The van der Waals surface area contributed by atoms with Gasteiger partial charge in [-0.25, -0.2) is 4.79 Å². The number of carbonyl (C=O) groups is 1. The summed E-state index contributed by atoms with van der Waals surface area (Å²) in [4.78, 5) is 11.4. The average Bonchev–Trinajstić information content (AvgIpc) is 2.24. The Hall–Kier alpha value is -1.51. The second kappa shape index (κ2) is 5.21. The van der Waals surface area contributed by atoms with Crippen molar-refractivity contribution in [1.82, 2.24) is 0 Å². The molecule has 1 aromatic rings. The Bertz CT molecular complexity index is 402. The maximum absolute atomic E-state index is 11.4.